The van der Waals surface area contributed by atoms with E-state index in [1.807, 2.05) is 6.20 Å². The number of aromatic nitrogens is 3. The minimum Gasteiger partial charge on any atom is -0.434 e. The van der Waals surface area contributed by atoms with E-state index in [9.17, 15) is 8.78 Å². The minimum atomic E-state index is -2.84. The van der Waals surface area contributed by atoms with Gasteiger partial charge in [-0.15, -0.1) is 5.10 Å². The molecule has 0 amide bonds. The van der Waals surface area contributed by atoms with Crippen LogP contribution in [0.1, 0.15) is 24.1 Å². The van der Waals surface area contributed by atoms with Crippen molar-refractivity contribution in [2.75, 3.05) is 6.54 Å². The average Bonchev–Trinajstić information content (AvgIpc) is 2.88. The number of unbranched alkanes of at least 4 members (excludes halogenated alkanes) is 1. The number of ether oxygens (including phenoxy) is 1. The lowest BCUT2D eigenvalue weighted by atomic mass is 10.2. The van der Waals surface area contributed by atoms with Crippen molar-refractivity contribution in [1.82, 2.24) is 15.0 Å². The number of hydrogen-bond donors (Lipinski definition) is 1. The third kappa shape index (κ3) is 4.78. The molecule has 0 radical (unpaired) electrons. The van der Waals surface area contributed by atoms with E-state index >= 15 is 0 Å². The topological polar surface area (TPSA) is 66.0 Å². The fraction of sp³-hybridized carbons (Fsp3) is 0.429. The van der Waals surface area contributed by atoms with Gasteiger partial charge in [0.25, 0.3) is 0 Å². The van der Waals surface area contributed by atoms with E-state index in [0.717, 1.165) is 25.0 Å². The highest BCUT2D eigenvalue weighted by atomic mass is 19.3. The van der Waals surface area contributed by atoms with Gasteiger partial charge in [0.15, 0.2) is 0 Å². The lowest BCUT2D eigenvalue weighted by molar-refractivity contribution is -0.0505. The van der Waals surface area contributed by atoms with Gasteiger partial charge in [-0.05, 0) is 31.9 Å². The van der Waals surface area contributed by atoms with Crippen molar-refractivity contribution >= 4 is 0 Å². The minimum absolute atomic E-state index is 0.160. The van der Waals surface area contributed by atoms with Crippen LogP contribution in [0.15, 0.2) is 30.5 Å². The molecule has 0 fully saturated rings. The summed E-state index contributed by atoms with van der Waals surface area (Å²) < 4.78 is 30.8. The van der Waals surface area contributed by atoms with Crippen LogP contribution < -0.4 is 10.5 Å². The molecule has 0 atom stereocenters. The van der Waals surface area contributed by atoms with Crippen LogP contribution in [0.3, 0.4) is 0 Å². The number of hydrogen-bond acceptors (Lipinski definition) is 4. The normalized spacial score (nSPS) is 11.0. The van der Waals surface area contributed by atoms with Crippen molar-refractivity contribution in [1.29, 1.82) is 0 Å². The molecule has 1 aromatic carbocycles. The number of para-hydroxylation sites is 1. The van der Waals surface area contributed by atoms with E-state index in [2.05, 4.69) is 15.0 Å². The first-order chi connectivity index (χ1) is 10.2. The molecule has 1 heterocycles. The quantitative estimate of drug-likeness (QED) is 0.758. The van der Waals surface area contributed by atoms with E-state index in [0.29, 0.717) is 18.7 Å². The van der Waals surface area contributed by atoms with Gasteiger partial charge in [-0.1, -0.05) is 23.4 Å². The zero-order chi connectivity index (χ0) is 15.1. The maximum atomic E-state index is 12.3. The van der Waals surface area contributed by atoms with E-state index in [1.54, 1.807) is 22.9 Å². The zero-order valence-electron chi connectivity index (χ0n) is 11.6. The van der Waals surface area contributed by atoms with Gasteiger partial charge in [0.1, 0.15) is 5.75 Å². The Morgan fingerprint density at radius 2 is 2.05 bits per heavy atom. The molecule has 0 saturated carbocycles. The molecule has 2 N–H and O–H groups in total. The highest BCUT2D eigenvalue weighted by Gasteiger charge is 2.10. The monoisotopic (exact) mass is 296 g/mol. The second kappa shape index (κ2) is 7.68. The van der Waals surface area contributed by atoms with Gasteiger partial charge in [0.05, 0.1) is 12.2 Å². The Bertz CT molecular complexity index is 559. The summed E-state index contributed by atoms with van der Waals surface area (Å²) >= 11 is 0. The molecule has 0 aliphatic heterocycles. The van der Waals surface area contributed by atoms with Crippen LogP contribution >= 0.6 is 0 Å². The highest BCUT2D eigenvalue weighted by molar-refractivity contribution is 5.33. The first-order valence-electron chi connectivity index (χ1n) is 6.81. The molecule has 21 heavy (non-hydrogen) atoms. The number of rotatable bonds is 8. The van der Waals surface area contributed by atoms with Gasteiger partial charge in [-0.3, -0.25) is 0 Å². The molecule has 1 aromatic heterocycles. The summed E-state index contributed by atoms with van der Waals surface area (Å²) in [6, 6.07) is 6.67. The van der Waals surface area contributed by atoms with Crippen molar-refractivity contribution in [3.8, 4) is 5.75 Å². The largest absolute Gasteiger partial charge is 0.434 e. The Labute approximate surface area is 121 Å². The Balaban J connectivity index is 2.01. The fourth-order valence-electron chi connectivity index (χ4n) is 2.00. The summed E-state index contributed by atoms with van der Waals surface area (Å²) in [4.78, 5) is 0. The molecule has 5 nitrogen and oxygen atoms in total. The number of halogens is 2. The molecule has 0 aliphatic rings. The van der Waals surface area contributed by atoms with Crippen molar-refractivity contribution in [2.24, 2.45) is 5.73 Å². The van der Waals surface area contributed by atoms with E-state index < -0.39 is 6.61 Å². The third-order valence-electron chi connectivity index (χ3n) is 2.99. The number of alkyl halides is 2. The standard InChI is InChI=1S/C14H18F2N4O/c15-14(16)21-13-7-2-1-5-11(13)9-20-10-12(18-19-20)6-3-4-8-17/h1-2,5,7,10,14H,3-4,6,8-9,17H2. The lowest BCUT2D eigenvalue weighted by Gasteiger charge is -2.09. The molecule has 0 spiro atoms. The summed E-state index contributed by atoms with van der Waals surface area (Å²) in [5.74, 6) is 0.160. The number of nitrogens with zero attached hydrogens (tertiary/aromatic N) is 3. The summed E-state index contributed by atoms with van der Waals surface area (Å²) in [6.07, 6.45) is 4.53. The Kier molecular flexibility index (Phi) is 5.62. The van der Waals surface area contributed by atoms with Crippen LogP contribution in [0.2, 0.25) is 0 Å². The van der Waals surface area contributed by atoms with E-state index in [4.69, 9.17) is 5.73 Å². The third-order valence-corrected chi connectivity index (χ3v) is 2.99. The average molecular weight is 296 g/mol. The Morgan fingerprint density at radius 1 is 1.24 bits per heavy atom. The van der Waals surface area contributed by atoms with Crippen LogP contribution in [-0.2, 0) is 13.0 Å². The van der Waals surface area contributed by atoms with Crippen molar-refractivity contribution in [2.45, 2.75) is 32.4 Å². The first kappa shape index (κ1) is 15.4. The predicted octanol–water partition coefficient (Wildman–Crippen LogP) is 2.21. The van der Waals surface area contributed by atoms with Crippen LogP contribution in [0, 0.1) is 0 Å². The van der Waals surface area contributed by atoms with Crippen LogP contribution in [0.25, 0.3) is 0 Å². The van der Waals surface area contributed by atoms with Crippen molar-refractivity contribution in [3.05, 3.63) is 41.7 Å². The van der Waals surface area contributed by atoms with Gasteiger partial charge in [-0.25, -0.2) is 4.68 Å². The molecule has 2 aromatic rings. The summed E-state index contributed by atoms with van der Waals surface area (Å²) in [5.41, 5.74) is 6.95. The number of nitrogens with two attached hydrogens (primary N) is 1. The smallest absolute Gasteiger partial charge is 0.387 e. The zero-order valence-corrected chi connectivity index (χ0v) is 11.6. The second-order valence-corrected chi connectivity index (χ2v) is 4.64. The molecule has 0 saturated heterocycles. The number of aryl methyl sites for hydroxylation is 1. The van der Waals surface area contributed by atoms with Gasteiger partial charge >= 0.3 is 6.61 Å². The molecule has 114 valence electrons. The summed E-state index contributed by atoms with van der Waals surface area (Å²) in [6.45, 7) is -1.84. The lowest BCUT2D eigenvalue weighted by Crippen LogP contribution is -2.07. The Morgan fingerprint density at radius 3 is 2.81 bits per heavy atom. The van der Waals surface area contributed by atoms with Crippen LogP contribution in [-0.4, -0.2) is 28.2 Å². The molecular weight excluding hydrogens is 278 g/mol. The SMILES string of the molecule is NCCCCc1cn(Cc2ccccc2OC(F)F)nn1. The van der Waals surface area contributed by atoms with Crippen molar-refractivity contribution in [3.63, 3.8) is 0 Å². The van der Waals surface area contributed by atoms with Crippen LogP contribution in [0.4, 0.5) is 8.78 Å². The molecule has 0 unspecified atom stereocenters. The second-order valence-electron chi connectivity index (χ2n) is 4.64. The number of benzene rings is 1. The molecule has 7 heteroatoms. The maximum Gasteiger partial charge on any atom is 0.387 e. The van der Waals surface area contributed by atoms with Gasteiger partial charge < -0.3 is 10.5 Å². The summed E-state index contributed by atoms with van der Waals surface area (Å²) in [5, 5.41) is 8.06. The molecule has 0 bridgehead atoms. The summed E-state index contributed by atoms with van der Waals surface area (Å²) in [7, 11) is 0. The molecular formula is C14H18F2N4O. The van der Waals surface area contributed by atoms with Gasteiger partial charge in [0.2, 0.25) is 0 Å². The molecule has 0 aliphatic carbocycles. The van der Waals surface area contributed by atoms with E-state index in [1.165, 1.54) is 6.07 Å². The predicted molar refractivity (Wildman–Crippen MR) is 74.2 cm³/mol. The maximum absolute atomic E-state index is 12.3. The van der Waals surface area contributed by atoms with Crippen LogP contribution in [0.5, 0.6) is 5.75 Å². The van der Waals surface area contributed by atoms with Gasteiger partial charge in [-0.2, -0.15) is 8.78 Å². The van der Waals surface area contributed by atoms with Gasteiger partial charge in [0, 0.05) is 11.8 Å². The van der Waals surface area contributed by atoms with E-state index in [-0.39, 0.29) is 5.75 Å². The van der Waals surface area contributed by atoms with Crippen molar-refractivity contribution < 1.29 is 13.5 Å². The Hall–Kier alpha value is -2.02. The molecule has 2 rings (SSSR count). The fourth-order valence-corrected chi connectivity index (χ4v) is 2.00. The first-order valence-corrected chi connectivity index (χ1v) is 6.81. The highest BCUT2D eigenvalue weighted by Crippen LogP contribution is 2.21.